The van der Waals surface area contributed by atoms with E-state index in [1.165, 1.54) is 0 Å². The number of hydrogen-bond donors (Lipinski definition) is 1. The zero-order valence-electron chi connectivity index (χ0n) is 17.9. The summed E-state index contributed by atoms with van der Waals surface area (Å²) in [5.41, 5.74) is 4.59. The molecule has 0 spiro atoms. The summed E-state index contributed by atoms with van der Waals surface area (Å²) in [5, 5.41) is 0.754. The van der Waals surface area contributed by atoms with E-state index in [1.54, 1.807) is 23.6 Å². The van der Waals surface area contributed by atoms with Gasteiger partial charge in [0, 0.05) is 39.9 Å². The van der Waals surface area contributed by atoms with Crippen LogP contribution in [0.4, 0.5) is 0 Å². The fourth-order valence-electron chi connectivity index (χ4n) is 4.25. The maximum absolute atomic E-state index is 13.3. The summed E-state index contributed by atoms with van der Waals surface area (Å²) in [7, 11) is 0. The number of rotatable bonds is 5. The van der Waals surface area contributed by atoms with Crippen molar-refractivity contribution in [1.29, 1.82) is 0 Å². The predicted molar refractivity (Wildman–Crippen MR) is 122 cm³/mol. The Bertz CT molecular complexity index is 1360. The second-order valence-corrected chi connectivity index (χ2v) is 7.85. The summed E-state index contributed by atoms with van der Waals surface area (Å²) >= 11 is 0. The molecule has 0 bridgehead atoms. The first kappa shape index (κ1) is 20.5. The van der Waals surface area contributed by atoms with Crippen molar-refractivity contribution in [3.63, 3.8) is 0 Å². The molecule has 1 N–H and O–H groups in total. The lowest BCUT2D eigenvalue weighted by Crippen LogP contribution is -2.17. The molecule has 0 unspecified atom stereocenters. The highest BCUT2D eigenvalue weighted by Gasteiger charge is 2.23. The average molecular weight is 412 g/mol. The van der Waals surface area contributed by atoms with Crippen molar-refractivity contribution in [2.45, 2.75) is 33.6 Å². The van der Waals surface area contributed by atoms with Crippen molar-refractivity contribution < 1.29 is 9.59 Å². The number of fused-ring (bicyclic) bond motifs is 1. The highest BCUT2D eigenvalue weighted by atomic mass is 16.2. The van der Waals surface area contributed by atoms with Gasteiger partial charge >= 0.3 is 0 Å². The molecule has 0 saturated carbocycles. The summed E-state index contributed by atoms with van der Waals surface area (Å²) in [6.45, 7) is 5.53. The van der Waals surface area contributed by atoms with E-state index >= 15 is 0 Å². The van der Waals surface area contributed by atoms with Crippen LogP contribution in [0.1, 0.15) is 49.7 Å². The lowest BCUT2D eigenvalue weighted by atomic mass is 9.99. The standard InChI is InChI=1S/C26H24N2O3/c1-16-15-17(2)27-25(30)20(16)13-14-23(29)24-18(3)28(22-12-8-7-11-21(22)24)26(31)19-9-5-4-6-10-19/h4-12,15H,13-14H2,1-3H3,(H,27,30). The van der Waals surface area contributed by atoms with Gasteiger partial charge in [-0.15, -0.1) is 0 Å². The number of ketones is 1. The van der Waals surface area contributed by atoms with Crippen LogP contribution >= 0.6 is 0 Å². The van der Waals surface area contributed by atoms with Crippen molar-refractivity contribution >= 4 is 22.6 Å². The number of hydrogen-bond acceptors (Lipinski definition) is 3. The first-order valence-electron chi connectivity index (χ1n) is 10.3. The number of nitrogens with zero attached hydrogens (tertiary/aromatic N) is 1. The molecule has 31 heavy (non-hydrogen) atoms. The SMILES string of the molecule is Cc1cc(C)c(CCC(=O)c2c(C)n(C(=O)c3ccccc3)c3ccccc23)c(=O)[nH]1. The summed E-state index contributed by atoms with van der Waals surface area (Å²) in [4.78, 5) is 41.6. The molecule has 0 radical (unpaired) electrons. The fourth-order valence-corrected chi connectivity index (χ4v) is 4.25. The van der Waals surface area contributed by atoms with Crippen molar-refractivity contribution in [2.75, 3.05) is 0 Å². The van der Waals surface area contributed by atoms with E-state index in [9.17, 15) is 14.4 Å². The number of benzene rings is 2. The molecule has 0 amide bonds. The first-order valence-corrected chi connectivity index (χ1v) is 10.3. The Morgan fingerprint density at radius 2 is 1.61 bits per heavy atom. The number of para-hydroxylation sites is 1. The van der Waals surface area contributed by atoms with Crippen LogP contribution in [0.2, 0.25) is 0 Å². The minimum absolute atomic E-state index is 0.0762. The van der Waals surface area contributed by atoms with Gasteiger partial charge in [0.15, 0.2) is 5.78 Å². The minimum Gasteiger partial charge on any atom is -0.326 e. The third-order valence-electron chi connectivity index (χ3n) is 5.71. The lowest BCUT2D eigenvalue weighted by molar-refractivity contribution is 0.0963. The first-order chi connectivity index (χ1) is 14.9. The van der Waals surface area contributed by atoms with E-state index in [4.69, 9.17) is 0 Å². The van der Waals surface area contributed by atoms with E-state index in [2.05, 4.69) is 4.98 Å². The van der Waals surface area contributed by atoms with Gasteiger partial charge in [-0.3, -0.25) is 19.0 Å². The molecule has 0 aliphatic rings. The van der Waals surface area contributed by atoms with Gasteiger partial charge in [-0.1, -0.05) is 36.4 Å². The summed E-state index contributed by atoms with van der Waals surface area (Å²) in [5.74, 6) is -0.244. The number of carbonyl (C=O) groups excluding carboxylic acids is 2. The highest BCUT2D eigenvalue weighted by molar-refractivity contribution is 6.13. The number of aryl methyl sites for hydroxylation is 2. The molecule has 156 valence electrons. The molecule has 2 aromatic heterocycles. The Balaban J connectivity index is 1.73. The number of nitrogens with one attached hydrogen (secondary N) is 1. The molecule has 0 saturated heterocycles. The van der Waals surface area contributed by atoms with Crippen LogP contribution in [0.5, 0.6) is 0 Å². The lowest BCUT2D eigenvalue weighted by Gasteiger charge is -2.08. The molecular formula is C26H24N2O3. The van der Waals surface area contributed by atoms with Crippen molar-refractivity contribution in [3.05, 3.63) is 105 Å². The van der Waals surface area contributed by atoms with E-state index in [1.807, 2.05) is 62.4 Å². The van der Waals surface area contributed by atoms with Gasteiger partial charge in [-0.2, -0.15) is 0 Å². The van der Waals surface area contributed by atoms with Crippen LogP contribution in [-0.4, -0.2) is 21.2 Å². The topological polar surface area (TPSA) is 71.9 Å². The fraction of sp³-hybridized carbons (Fsp3) is 0.192. The highest BCUT2D eigenvalue weighted by Crippen LogP contribution is 2.28. The number of aromatic nitrogens is 2. The molecule has 0 atom stereocenters. The van der Waals surface area contributed by atoms with Crippen molar-refractivity contribution in [3.8, 4) is 0 Å². The quantitative estimate of drug-likeness (QED) is 0.481. The summed E-state index contributed by atoms with van der Waals surface area (Å²) < 4.78 is 1.61. The molecule has 0 fully saturated rings. The van der Waals surface area contributed by atoms with Crippen LogP contribution in [0.3, 0.4) is 0 Å². The Kier molecular flexibility index (Phi) is 5.42. The third kappa shape index (κ3) is 3.75. The van der Waals surface area contributed by atoms with Gasteiger partial charge in [0.05, 0.1) is 5.52 Å². The number of H-pyrrole nitrogens is 1. The van der Waals surface area contributed by atoms with E-state index in [0.717, 1.165) is 16.6 Å². The number of carbonyl (C=O) groups is 2. The van der Waals surface area contributed by atoms with E-state index < -0.39 is 0 Å². The Morgan fingerprint density at radius 3 is 2.32 bits per heavy atom. The van der Waals surface area contributed by atoms with Gasteiger partial charge in [0.1, 0.15) is 0 Å². The van der Waals surface area contributed by atoms with Crippen LogP contribution in [-0.2, 0) is 6.42 Å². The second-order valence-electron chi connectivity index (χ2n) is 7.85. The molecule has 5 nitrogen and oxygen atoms in total. The molecule has 2 aromatic carbocycles. The Morgan fingerprint density at radius 1 is 0.935 bits per heavy atom. The van der Waals surface area contributed by atoms with E-state index in [0.29, 0.717) is 34.3 Å². The van der Waals surface area contributed by atoms with Gasteiger partial charge < -0.3 is 4.98 Å². The zero-order chi connectivity index (χ0) is 22.1. The molecule has 0 aliphatic heterocycles. The van der Waals surface area contributed by atoms with Crippen LogP contribution in [0.15, 0.2) is 65.5 Å². The molecule has 2 heterocycles. The molecule has 0 aliphatic carbocycles. The van der Waals surface area contributed by atoms with Crippen molar-refractivity contribution in [2.24, 2.45) is 0 Å². The second kappa shape index (κ2) is 8.19. The van der Waals surface area contributed by atoms with Gasteiger partial charge in [-0.25, -0.2) is 0 Å². The maximum atomic E-state index is 13.3. The maximum Gasteiger partial charge on any atom is 0.262 e. The Labute approximate surface area is 180 Å². The van der Waals surface area contributed by atoms with Gasteiger partial charge in [-0.05, 0) is 57.0 Å². The van der Waals surface area contributed by atoms with E-state index in [-0.39, 0.29) is 23.7 Å². The summed E-state index contributed by atoms with van der Waals surface area (Å²) in [6.07, 6.45) is 0.549. The van der Waals surface area contributed by atoms with Crippen LogP contribution < -0.4 is 5.56 Å². The van der Waals surface area contributed by atoms with Gasteiger partial charge in [0.2, 0.25) is 0 Å². The van der Waals surface area contributed by atoms with Gasteiger partial charge in [0.25, 0.3) is 11.5 Å². The zero-order valence-corrected chi connectivity index (χ0v) is 17.9. The Hall–Kier alpha value is -3.73. The van der Waals surface area contributed by atoms with Crippen LogP contribution in [0, 0.1) is 20.8 Å². The molecule has 5 heteroatoms. The van der Waals surface area contributed by atoms with Crippen LogP contribution in [0.25, 0.3) is 10.9 Å². The monoisotopic (exact) mass is 412 g/mol. The largest absolute Gasteiger partial charge is 0.326 e. The normalized spacial score (nSPS) is 11.1. The number of Topliss-reactive ketones (excluding diaryl/α,β-unsaturated/α-hetero) is 1. The number of pyridine rings is 1. The third-order valence-corrected chi connectivity index (χ3v) is 5.71. The smallest absolute Gasteiger partial charge is 0.262 e. The summed E-state index contributed by atoms with van der Waals surface area (Å²) in [6, 6.07) is 18.4. The predicted octanol–water partition coefficient (Wildman–Crippen LogP) is 4.76. The molecule has 4 rings (SSSR count). The minimum atomic E-state index is -0.167. The molecule has 4 aromatic rings. The average Bonchev–Trinajstić information content (AvgIpc) is 3.04. The number of aromatic amines is 1. The van der Waals surface area contributed by atoms with Crippen molar-refractivity contribution in [1.82, 2.24) is 9.55 Å². The molecular weight excluding hydrogens is 388 g/mol.